The summed E-state index contributed by atoms with van der Waals surface area (Å²) in [7, 11) is 0. The number of benzene rings is 2. The minimum Gasteiger partial charge on any atom is -0.308 e. The van der Waals surface area contributed by atoms with E-state index >= 15 is 0 Å². The molecule has 5 heteroatoms. The van der Waals surface area contributed by atoms with Crippen LogP contribution in [-0.4, -0.2) is 24.7 Å². The molecule has 0 fully saturated rings. The largest absolute Gasteiger partial charge is 0.308 e. The highest BCUT2D eigenvalue weighted by atomic mass is 15.2. The number of rotatable bonds is 3. The molecule has 0 bridgehead atoms. The molecule has 1 unspecified atom stereocenters. The molecule has 2 heterocycles. The van der Waals surface area contributed by atoms with E-state index in [2.05, 4.69) is 44.4 Å². The van der Waals surface area contributed by atoms with Gasteiger partial charge in [-0.2, -0.15) is 0 Å². The Morgan fingerprint density at radius 3 is 2.23 bits per heavy atom. The van der Waals surface area contributed by atoms with Gasteiger partial charge in [-0.25, -0.2) is 0 Å². The van der Waals surface area contributed by atoms with Crippen molar-refractivity contribution in [3.63, 3.8) is 0 Å². The molecule has 106 valence electrons. The van der Waals surface area contributed by atoms with Crippen LogP contribution in [0.2, 0.25) is 0 Å². The van der Waals surface area contributed by atoms with Gasteiger partial charge in [0.25, 0.3) is 0 Å². The molecule has 1 atom stereocenters. The fourth-order valence-corrected chi connectivity index (χ4v) is 2.66. The summed E-state index contributed by atoms with van der Waals surface area (Å²) in [5.74, 6) is 0. The van der Waals surface area contributed by atoms with E-state index in [9.17, 15) is 0 Å². The molecule has 0 radical (unpaired) electrons. The molecule has 0 aliphatic heterocycles. The second-order valence-electron chi connectivity index (χ2n) is 5.03. The normalized spacial score (nSPS) is 12.4. The van der Waals surface area contributed by atoms with Crippen LogP contribution < -0.4 is 0 Å². The van der Waals surface area contributed by atoms with Crippen molar-refractivity contribution in [1.29, 1.82) is 0 Å². The zero-order chi connectivity index (χ0) is 14.8. The summed E-state index contributed by atoms with van der Waals surface area (Å²) in [5.41, 5.74) is 4.07. The lowest BCUT2D eigenvalue weighted by atomic mass is 9.98. The minimum absolute atomic E-state index is 0.0163. The molecule has 4 rings (SSSR count). The van der Waals surface area contributed by atoms with E-state index in [1.54, 1.807) is 25.0 Å². The molecule has 22 heavy (non-hydrogen) atoms. The maximum Gasteiger partial charge on any atom is 0.120 e. The van der Waals surface area contributed by atoms with E-state index in [-0.39, 0.29) is 6.04 Å². The molecule has 5 nitrogen and oxygen atoms in total. The van der Waals surface area contributed by atoms with Crippen LogP contribution in [0.5, 0.6) is 0 Å². The van der Waals surface area contributed by atoms with Crippen LogP contribution >= 0.6 is 0 Å². The van der Waals surface area contributed by atoms with Crippen LogP contribution in [0.15, 0.2) is 73.6 Å². The van der Waals surface area contributed by atoms with Gasteiger partial charge in [0.2, 0.25) is 0 Å². The lowest BCUT2D eigenvalue weighted by molar-refractivity contribution is 0.675. The monoisotopic (exact) mass is 287 g/mol. The molecular weight excluding hydrogens is 274 g/mol. The average molecular weight is 287 g/mol. The molecule has 0 amide bonds. The molecule has 0 aliphatic rings. The Hall–Kier alpha value is -3.08. The second-order valence-corrected chi connectivity index (χ2v) is 5.03. The van der Waals surface area contributed by atoms with E-state index in [1.165, 1.54) is 5.56 Å². The number of aromatic nitrogens is 5. The zero-order valence-electron chi connectivity index (χ0n) is 11.7. The number of hydrogen-bond donors (Lipinski definition) is 0. The number of nitrogens with zero attached hydrogens (tertiary/aromatic N) is 5. The molecule has 0 aliphatic carbocycles. The van der Waals surface area contributed by atoms with Crippen LogP contribution in [0.4, 0.5) is 0 Å². The highest BCUT2D eigenvalue weighted by Crippen LogP contribution is 2.27. The van der Waals surface area contributed by atoms with Gasteiger partial charge in [0.1, 0.15) is 12.7 Å². The van der Waals surface area contributed by atoms with Crippen LogP contribution in [-0.2, 0) is 0 Å². The molecule has 0 saturated heterocycles. The Labute approximate surface area is 127 Å². The SMILES string of the molecule is c1ccc(C(c2ccc3nccnc3c2)n2cnnc2)cc1. The van der Waals surface area contributed by atoms with Gasteiger partial charge in [0, 0.05) is 12.4 Å². The minimum atomic E-state index is 0.0163. The summed E-state index contributed by atoms with van der Waals surface area (Å²) < 4.78 is 1.99. The van der Waals surface area contributed by atoms with Crippen LogP contribution in [0.3, 0.4) is 0 Å². The van der Waals surface area contributed by atoms with Crippen molar-refractivity contribution in [3.05, 3.63) is 84.7 Å². The van der Waals surface area contributed by atoms with E-state index in [1.807, 2.05) is 28.8 Å². The Bertz CT molecular complexity index is 887. The van der Waals surface area contributed by atoms with Gasteiger partial charge in [-0.1, -0.05) is 36.4 Å². The average Bonchev–Trinajstić information content (AvgIpc) is 3.10. The Morgan fingerprint density at radius 1 is 0.727 bits per heavy atom. The summed E-state index contributed by atoms with van der Waals surface area (Å²) in [4.78, 5) is 8.72. The molecule has 0 N–H and O–H groups in total. The van der Waals surface area contributed by atoms with Gasteiger partial charge in [-0.3, -0.25) is 9.97 Å². The third-order valence-electron chi connectivity index (χ3n) is 3.66. The quantitative estimate of drug-likeness (QED) is 0.581. The summed E-state index contributed by atoms with van der Waals surface area (Å²) in [6.07, 6.45) is 6.88. The van der Waals surface area contributed by atoms with E-state index in [4.69, 9.17) is 0 Å². The molecule has 2 aromatic carbocycles. The molecule has 4 aromatic rings. The smallest absolute Gasteiger partial charge is 0.120 e. The van der Waals surface area contributed by atoms with Crippen molar-refractivity contribution in [3.8, 4) is 0 Å². The first-order valence-corrected chi connectivity index (χ1v) is 7.01. The van der Waals surface area contributed by atoms with E-state index < -0.39 is 0 Å². The lowest BCUT2D eigenvalue weighted by Gasteiger charge is -2.19. The summed E-state index contributed by atoms with van der Waals surface area (Å²) in [6, 6.07) is 16.5. The summed E-state index contributed by atoms with van der Waals surface area (Å²) in [6.45, 7) is 0. The van der Waals surface area contributed by atoms with Gasteiger partial charge < -0.3 is 4.57 Å². The van der Waals surface area contributed by atoms with Crippen LogP contribution in [0.1, 0.15) is 17.2 Å². The molecule has 0 saturated carbocycles. The molecule has 0 spiro atoms. The van der Waals surface area contributed by atoms with Gasteiger partial charge in [-0.05, 0) is 23.3 Å². The first kappa shape index (κ1) is 12.6. The van der Waals surface area contributed by atoms with Gasteiger partial charge in [-0.15, -0.1) is 10.2 Å². The third-order valence-corrected chi connectivity index (χ3v) is 3.66. The van der Waals surface area contributed by atoms with Gasteiger partial charge in [0.05, 0.1) is 17.1 Å². The third kappa shape index (κ3) is 2.22. The van der Waals surface area contributed by atoms with Crippen molar-refractivity contribution in [2.24, 2.45) is 0 Å². The topological polar surface area (TPSA) is 56.5 Å². The maximum absolute atomic E-state index is 4.40. The fraction of sp³-hybridized carbons (Fsp3) is 0.0588. The van der Waals surface area contributed by atoms with Crippen molar-refractivity contribution in [2.75, 3.05) is 0 Å². The first-order valence-electron chi connectivity index (χ1n) is 7.01. The Balaban J connectivity index is 1.89. The van der Waals surface area contributed by atoms with E-state index in [0.717, 1.165) is 16.6 Å². The van der Waals surface area contributed by atoms with Crippen LogP contribution in [0.25, 0.3) is 11.0 Å². The summed E-state index contributed by atoms with van der Waals surface area (Å²) in [5, 5.41) is 7.88. The molecular formula is C17H13N5. The number of hydrogen-bond acceptors (Lipinski definition) is 4. The highest BCUT2D eigenvalue weighted by Gasteiger charge is 2.16. The Kier molecular flexibility index (Phi) is 3.08. The fourth-order valence-electron chi connectivity index (χ4n) is 2.66. The Morgan fingerprint density at radius 2 is 1.45 bits per heavy atom. The van der Waals surface area contributed by atoms with Crippen molar-refractivity contribution < 1.29 is 0 Å². The summed E-state index contributed by atoms with van der Waals surface area (Å²) >= 11 is 0. The van der Waals surface area contributed by atoms with Gasteiger partial charge >= 0.3 is 0 Å². The maximum atomic E-state index is 4.40. The standard InChI is InChI=1S/C17H13N5/c1-2-4-13(5-3-1)17(22-11-20-21-12-22)14-6-7-15-16(10-14)19-9-8-18-15/h1-12,17H. The van der Waals surface area contributed by atoms with Crippen molar-refractivity contribution in [1.82, 2.24) is 24.7 Å². The first-order chi connectivity index (χ1) is 10.9. The van der Waals surface area contributed by atoms with Gasteiger partial charge in [0.15, 0.2) is 0 Å². The van der Waals surface area contributed by atoms with E-state index in [0.29, 0.717) is 0 Å². The predicted molar refractivity (Wildman–Crippen MR) is 83.2 cm³/mol. The predicted octanol–water partition coefficient (Wildman–Crippen LogP) is 2.86. The lowest BCUT2D eigenvalue weighted by Crippen LogP contribution is -2.10. The highest BCUT2D eigenvalue weighted by molar-refractivity contribution is 5.74. The zero-order valence-corrected chi connectivity index (χ0v) is 11.7. The molecule has 2 aromatic heterocycles. The number of fused-ring (bicyclic) bond motifs is 1. The van der Waals surface area contributed by atoms with Crippen LogP contribution in [0, 0.1) is 0 Å². The van der Waals surface area contributed by atoms with Crippen molar-refractivity contribution in [2.45, 2.75) is 6.04 Å². The van der Waals surface area contributed by atoms with Crippen molar-refractivity contribution >= 4 is 11.0 Å². The second kappa shape index (κ2) is 5.37.